The normalized spacial score (nSPS) is 16.8. The molecule has 1 aliphatic heterocycles. The predicted molar refractivity (Wildman–Crippen MR) is 57.5 cm³/mol. The first-order valence-electron chi connectivity index (χ1n) is 5.34. The second-order valence-electron chi connectivity index (χ2n) is 3.83. The van der Waals surface area contributed by atoms with Crippen LogP contribution in [0.4, 0.5) is 10.1 Å². The smallest absolute Gasteiger partial charge is 0.276 e. The van der Waals surface area contributed by atoms with Gasteiger partial charge in [0, 0.05) is 18.9 Å². The van der Waals surface area contributed by atoms with Gasteiger partial charge in [-0.25, -0.2) is 4.39 Å². The Bertz CT molecular complexity index is 418. The molecule has 0 radical (unpaired) electrons. The molecule has 1 saturated heterocycles. The third-order valence-electron chi connectivity index (χ3n) is 2.54. The number of ether oxygens (including phenoxy) is 2. The molecule has 92 valence electrons. The van der Waals surface area contributed by atoms with Gasteiger partial charge in [-0.3, -0.25) is 10.1 Å². The van der Waals surface area contributed by atoms with Crippen molar-refractivity contribution in [3.05, 3.63) is 34.1 Å². The van der Waals surface area contributed by atoms with Crippen LogP contribution in [0, 0.1) is 15.9 Å². The number of hydrogen-bond donors (Lipinski definition) is 0. The summed E-state index contributed by atoms with van der Waals surface area (Å²) in [6.07, 6.45) is 1.36. The van der Waals surface area contributed by atoms with Crippen molar-refractivity contribution < 1.29 is 18.8 Å². The lowest BCUT2D eigenvalue weighted by Crippen LogP contribution is -2.25. The molecule has 5 nitrogen and oxygen atoms in total. The van der Waals surface area contributed by atoms with E-state index in [1.165, 1.54) is 6.07 Å². The Morgan fingerprint density at radius 1 is 1.35 bits per heavy atom. The van der Waals surface area contributed by atoms with Gasteiger partial charge in [0.05, 0.1) is 30.3 Å². The zero-order valence-corrected chi connectivity index (χ0v) is 9.10. The maximum Gasteiger partial charge on any atom is 0.276 e. The molecule has 0 spiro atoms. The molecule has 0 atom stereocenters. The molecule has 0 N–H and O–H groups in total. The summed E-state index contributed by atoms with van der Waals surface area (Å²) >= 11 is 0. The van der Waals surface area contributed by atoms with Gasteiger partial charge in [0.15, 0.2) is 0 Å². The Labute approximate surface area is 97.3 Å². The van der Waals surface area contributed by atoms with Crippen LogP contribution >= 0.6 is 0 Å². The van der Waals surface area contributed by atoms with E-state index in [1.54, 1.807) is 0 Å². The maximum absolute atomic E-state index is 13.1. The Balaban J connectivity index is 2.11. The van der Waals surface area contributed by atoms with Gasteiger partial charge in [-0.05, 0) is 0 Å². The van der Waals surface area contributed by atoms with Crippen molar-refractivity contribution in [3.63, 3.8) is 0 Å². The first kappa shape index (κ1) is 11.8. The van der Waals surface area contributed by atoms with Gasteiger partial charge in [0.1, 0.15) is 17.7 Å². The molecular formula is C11H12FNO4. The first-order valence-corrected chi connectivity index (χ1v) is 5.34. The lowest BCUT2D eigenvalue weighted by atomic mass is 10.1. The van der Waals surface area contributed by atoms with Crippen molar-refractivity contribution in [2.75, 3.05) is 13.2 Å². The molecule has 0 aliphatic carbocycles. The van der Waals surface area contributed by atoms with Crippen LogP contribution in [-0.4, -0.2) is 24.2 Å². The van der Waals surface area contributed by atoms with Crippen LogP contribution in [0.25, 0.3) is 0 Å². The van der Waals surface area contributed by atoms with E-state index in [0.29, 0.717) is 26.1 Å². The minimum atomic E-state index is -0.666. The van der Waals surface area contributed by atoms with Crippen molar-refractivity contribution in [1.82, 2.24) is 0 Å². The third kappa shape index (κ3) is 3.13. The third-order valence-corrected chi connectivity index (χ3v) is 2.54. The van der Waals surface area contributed by atoms with Crippen LogP contribution in [0.15, 0.2) is 18.2 Å². The van der Waals surface area contributed by atoms with Crippen LogP contribution in [0.3, 0.4) is 0 Å². The minimum Gasteiger partial charge on any atom is -0.490 e. The average molecular weight is 241 g/mol. The molecule has 1 heterocycles. The van der Waals surface area contributed by atoms with E-state index in [4.69, 9.17) is 9.47 Å². The van der Waals surface area contributed by atoms with E-state index in [1.807, 2.05) is 0 Å². The van der Waals surface area contributed by atoms with Crippen LogP contribution in [0.1, 0.15) is 12.8 Å². The number of halogens is 1. The van der Waals surface area contributed by atoms with Crippen LogP contribution in [0.2, 0.25) is 0 Å². The largest absolute Gasteiger partial charge is 0.490 e. The van der Waals surface area contributed by atoms with Gasteiger partial charge in [0.2, 0.25) is 0 Å². The highest BCUT2D eigenvalue weighted by atomic mass is 19.1. The Hall–Kier alpha value is -1.69. The summed E-state index contributed by atoms with van der Waals surface area (Å²) in [6, 6.07) is 3.26. The van der Waals surface area contributed by atoms with Crippen LogP contribution in [0.5, 0.6) is 5.75 Å². The van der Waals surface area contributed by atoms with Crippen LogP contribution in [-0.2, 0) is 4.74 Å². The van der Waals surface area contributed by atoms with Gasteiger partial charge < -0.3 is 9.47 Å². The SMILES string of the molecule is O=[N+]([O-])c1cc(F)cc(OC2CCOCC2)c1. The fraction of sp³-hybridized carbons (Fsp3) is 0.455. The van der Waals surface area contributed by atoms with E-state index in [2.05, 4.69) is 0 Å². The number of non-ortho nitro benzene ring substituents is 1. The van der Waals surface area contributed by atoms with E-state index < -0.39 is 10.7 Å². The molecule has 6 heteroatoms. The monoisotopic (exact) mass is 241 g/mol. The maximum atomic E-state index is 13.1. The molecule has 0 bridgehead atoms. The molecule has 2 rings (SSSR count). The highest BCUT2D eigenvalue weighted by molar-refractivity contribution is 5.39. The van der Waals surface area contributed by atoms with Gasteiger partial charge in [-0.15, -0.1) is 0 Å². The van der Waals surface area contributed by atoms with Gasteiger partial charge in [-0.2, -0.15) is 0 Å². The van der Waals surface area contributed by atoms with E-state index in [9.17, 15) is 14.5 Å². The van der Waals surface area contributed by atoms with Gasteiger partial charge in [-0.1, -0.05) is 0 Å². The van der Waals surface area contributed by atoms with Gasteiger partial charge >= 0.3 is 0 Å². The lowest BCUT2D eigenvalue weighted by Gasteiger charge is -2.23. The topological polar surface area (TPSA) is 61.6 Å². The number of nitrogens with zero attached hydrogens (tertiary/aromatic N) is 1. The first-order chi connectivity index (χ1) is 8.15. The molecule has 1 aromatic carbocycles. The molecule has 1 aliphatic rings. The molecule has 0 amide bonds. The summed E-state index contributed by atoms with van der Waals surface area (Å²) in [5.74, 6) is -0.468. The molecule has 0 saturated carbocycles. The Morgan fingerprint density at radius 3 is 2.71 bits per heavy atom. The van der Waals surface area contributed by atoms with Crippen molar-refractivity contribution in [1.29, 1.82) is 0 Å². The summed E-state index contributed by atoms with van der Waals surface area (Å²) in [7, 11) is 0. The highest BCUT2D eigenvalue weighted by Gasteiger charge is 2.17. The number of benzene rings is 1. The standard InChI is InChI=1S/C11H12FNO4/c12-8-5-9(13(14)15)7-11(6-8)17-10-1-3-16-4-2-10/h5-7,10H,1-4H2. The zero-order valence-electron chi connectivity index (χ0n) is 9.10. The molecule has 0 aromatic heterocycles. The molecular weight excluding hydrogens is 229 g/mol. The van der Waals surface area contributed by atoms with E-state index in [-0.39, 0.29) is 17.5 Å². The summed E-state index contributed by atoms with van der Waals surface area (Å²) in [4.78, 5) is 9.92. The van der Waals surface area contributed by atoms with E-state index in [0.717, 1.165) is 12.1 Å². The number of nitro benzene ring substituents is 1. The summed E-state index contributed by atoms with van der Waals surface area (Å²) < 4.78 is 23.8. The summed E-state index contributed by atoms with van der Waals surface area (Å²) in [6.45, 7) is 1.20. The lowest BCUT2D eigenvalue weighted by molar-refractivity contribution is -0.385. The second kappa shape index (κ2) is 5.09. The fourth-order valence-corrected chi connectivity index (χ4v) is 1.71. The number of rotatable bonds is 3. The quantitative estimate of drug-likeness (QED) is 0.601. The highest BCUT2D eigenvalue weighted by Crippen LogP contribution is 2.24. The number of hydrogen-bond acceptors (Lipinski definition) is 4. The zero-order chi connectivity index (χ0) is 12.3. The predicted octanol–water partition coefficient (Wildman–Crippen LogP) is 2.29. The summed E-state index contributed by atoms with van der Waals surface area (Å²) in [5, 5.41) is 10.6. The average Bonchev–Trinajstić information content (AvgIpc) is 2.29. The second-order valence-corrected chi connectivity index (χ2v) is 3.83. The number of nitro groups is 1. The minimum absolute atomic E-state index is 0.0647. The summed E-state index contributed by atoms with van der Waals surface area (Å²) in [5.41, 5.74) is -0.299. The molecule has 17 heavy (non-hydrogen) atoms. The molecule has 0 unspecified atom stereocenters. The van der Waals surface area contributed by atoms with Crippen molar-refractivity contribution in [2.45, 2.75) is 18.9 Å². The van der Waals surface area contributed by atoms with E-state index >= 15 is 0 Å². The Kier molecular flexibility index (Phi) is 3.53. The molecule has 1 fully saturated rings. The van der Waals surface area contributed by atoms with Crippen molar-refractivity contribution in [2.24, 2.45) is 0 Å². The fourth-order valence-electron chi connectivity index (χ4n) is 1.71. The Morgan fingerprint density at radius 2 is 2.06 bits per heavy atom. The molecule has 1 aromatic rings. The van der Waals surface area contributed by atoms with Crippen LogP contribution < -0.4 is 4.74 Å². The van der Waals surface area contributed by atoms with Crippen molar-refractivity contribution >= 4 is 5.69 Å². The van der Waals surface area contributed by atoms with Gasteiger partial charge in [0.25, 0.3) is 5.69 Å². The van der Waals surface area contributed by atoms with Crippen molar-refractivity contribution in [3.8, 4) is 5.75 Å².